The molecule has 2 rings (SSSR count). The fourth-order valence-corrected chi connectivity index (χ4v) is 1.72. The molecule has 0 aliphatic carbocycles. The maximum Gasteiger partial charge on any atom is 0.213 e. The molecule has 0 aliphatic rings. The first-order chi connectivity index (χ1) is 9.28. The van der Waals surface area contributed by atoms with Gasteiger partial charge in [-0.1, -0.05) is 30.3 Å². The van der Waals surface area contributed by atoms with Crippen LogP contribution < -0.4 is 4.74 Å². The Morgan fingerprint density at radius 2 is 1.84 bits per heavy atom. The molecule has 3 nitrogen and oxygen atoms in total. The van der Waals surface area contributed by atoms with Crippen LogP contribution in [0.1, 0.15) is 23.1 Å². The van der Waals surface area contributed by atoms with E-state index in [1.807, 2.05) is 43.3 Å². The first-order valence-electron chi connectivity index (χ1n) is 6.35. The van der Waals surface area contributed by atoms with Crippen LogP contribution in [0.25, 0.3) is 0 Å². The van der Waals surface area contributed by atoms with E-state index in [0.717, 1.165) is 23.8 Å². The number of aldehydes is 1. The van der Waals surface area contributed by atoms with Gasteiger partial charge in [0.15, 0.2) is 0 Å². The zero-order chi connectivity index (χ0) is 13.5. The predicted molar refractivity (Wildman–Crippen MR) is 74.1 cm³/mol. The van der Waals surface area contributed by atoms with Crippen molar-refractivity contribution in [1.29, 1.82) is 0 Å². The number of rotatable bonds is 6. The van der Waals surface area contributed by atoms with Gasteiger partial charge >= 0.3 is 0 Å². The van der Waals surface area contributed by atoms with Crippen LogP contribution in [-0.4, -0.2) is 11.3 Å². The van der Waals surface area contributed by atoms with Gasteiger partial charge in [-0.2, -0.15) is 0 Å². The second kappa shape index (κ2) is 6.69. The number of carbonyl (C=O) groups is 1. The second-order valence-electron chi connectivity index (χ2n) is 4.48. The molecule has 3 heteroatoms. The Kier molecular flexibility index (Phi) is 4.67. The standard InChI is InChI=1S/C16H17NO2/c1-13-4-9-16(17-11-13)19-12-15-7-5-14(6-8-15)3-2-10-18/h4-11H,2-3,12H2,1H3. The van der Waals surface area contributed by atoms with Gasteiger partial charge in [0.05, 0.1) is 0 Å². The average molecular weight is 255 g/mol. The summed E-state index contributed by atoms with van der Waals surface area (Å²) in [6, 6.07) is 12.0. The SMILES string of the molecule is Cc1ccc(OCc2ccc(CCC=O)cc2)nc1. The molecular weight excluding hydrogens is 238 g/mol. The summed E-state index contributed by atoms with van der Waals surface area (Å²) in [5.41, 5.74) is 3.38. The average Bonchev–Trinajstić information content (AvgIpc) is 2.46. The van der Waals surface area contributed by atoms with E-state index in [0.29, 0.717) is 18.9 Å². The molecule has 0 bridgehead atoms. The largest absolute Gasteiger partial charge is 0.473 e. The van der Waals surface area contributed by atoms with Gasteiger partial charge in [-0.05, 0) is 30.0 Å². The molecular formula is C16H17NO2. The van der Waals surface area contributed by atoms with E-state index in [2.05, 4.69) is 4.98 Å². The molecule has 0 saturated carbocycles. The summed E-state index contributed by atoms with van der Waals surface area (Å²) in [6.07, 6.45) is 4.10. The molecule has 0 unspecified atom stereocenters. The number of hydrogen-bond donors (Lipinski definition) is 0. The van der Waals surface area contributed by atoms with Crippen molar-refractivity contribution in [3.05, 3.63) is 59.3 Å². The van der Waals surface area contributed by atoms with Crippen LogP contribution in [-0.2, 0) is 17.8 Å². The summed E-state index contributed by atoms with van der Waals surface area (Å²) in [4.78, 5) is 14.5. The van der Waals surface area contributed by atoms with Gasteiger partial charge in [-0.3, -0.25) is 0 Å². The zero-order valence-electron chi connectivity index (χ0n) is 11.0. The Bertz CT molecular complexity index is 517. The minimum atomic E-state index is 0.504. The van der Waals surface area contributed by atoms with Crippen molar-refractivity contribution in [3.8, 4) is 5.88 Å². The highest BCUT2D eigenvalue weighted by Crippen LogP contribution is 2.11. The number of ether oxygens (including phenoxy) is 1. The Morgan fingerprint density at radius 1 is 1.11 bits per heavy atom. The monoisotopic (exact) mass is 255 g/mol. The van der Waals surface area contributed by atoms with Crippen molar-refractivity contribution < 1.29 is 9.53 Å². The maximum absolute atomic E-state index is 10.3. The van der Waals surface area contributed by atoms with Crippen LogP contribution in [0.5, 0.6) is 5.88 Å². The molecule has 1 aromatic heterocycles. The Balaban J connectivity index is 1.89. The van der Waals surface area contributed by atoms with E-state index >= 15 is 0 Å². The molecule has 0 spiro atoms. The molecule has 0 radical (unpaired) electrons. The lowest BCUT2D eigenvalue weighted by Crippen LogP contribution is -1.97. The number of aromatic nitrogens is 1. The van der Waals surface area contributed by atoms with Gasteiger partial charge in [0.25, 0.3) is 0 Å². The van der Waals surface area contributed by atoms with Gasteiger partial charge in [-0.25, -0.2) is 4.98 Å². The lowest BCUT2D eigenvalue weighted by atomic mass is 10.1. The smallest absolute Gasteiger partial charge is 0.213 e. The van der Waals surface area contributed by atoms with Gasteiger partial charge in [0, 0.05) is 18.7 Å². The Hall–Kier alpha value is -2.16. The fraction of sp³-hybridized carbons (Fsp3) is 0.250. The molecule has 2 aromatic rings. The van der Waals surface area contributed by atoms with Crippen molar-refractivity contribution in [2.75, 3.05) is 0 Å². The molecule has 0 fully saturated rings. The first kappa shape index (κ1) is 13.3. The van der Waals surface area contributed by atoms with Gasteiger partial charge < -0.3 is 9.53 Å². The van der Waals surface area contributed by atoms with E-state index in [9.17, 15) is 4.79 Å². The minimum Gasteiger partial charge on any atom is -0.473 e. The predicted octanol–water partition coefficient (Wildman–Crippen LogP) is 3.10. The van der Waals surface area contributed by atoms with Crippen LogP contribution in [0, 0.1) is 6.92 Å². The van der Waals surface area contributed by atoms with E-state index in [-0.39, 0.29) is 0 Å². The fourth-order valence-electron chi connectivity index (χ4n) is 1.72. The summed E-state index contributed by atoms with van der Waals surface area (Å²) in [5.74, 6) is 0.635. The molecule has 0 amide bonds. The van der Waals surface area contributed by atoms with E-state index in [1.54, 1.807) is 6.20 Å². The summed E-state index contributed by atoms with van der Waals surface area (Å²) in [5, 5.41) is 0. The Labute approximate surface area is 113 Å². The summed E-state index contributed by atoms with van der Waals surface area (Å²) < 4.78 is 5.60. The number of carbonyl (C=O) groups excluding carboxylic acids is 1. The highest BCUT2D eigenvalue weighted by Gasteiger charge is 1.98. The molecule has 0 aliphatic heterocycles. The summed E-state index contributed by atoms with van der Waals surface area (Å²) >= 11 is 0. The van der Waals surface area contributed by atoms with Crippen molar-refractivity contribution in [1.82, 2.24) is 4.98 Å². The van der Waals surface area contributed by atoms with E-state index in [4.69, 9.17) is 4.74 Å². The van der Waals surface area contributed by atoms with Crippen LogP contribution in [0.15, 0.2) is 42.6 Å². The molecule has 0 atom stereocenters. The lowest BCUT2D eigenvalue weighted by Gasteiger charge is -2.06. The number of nitrogens with zero attached hydrogens (tertiary/aromatic N) is 1. The number of pyridine rings is 1. The van der Waals surface area contributed by atoms with Gasteiger partial charge in [0.1, 0.15) is 12.9 Å². The first-order valence-corrected chi connectivity index (χ1v) is 6.35. The highest BCUT2D eigenvalue weighted by molar-refractivity contribution is 5.50. The summed E-state index contributed by atoms with van der Waals surface area (Å²) in [6.45, 7) is 2.50. The third-order valence-electron chi connectivity index (χ3n) is 2.84. The van der Waals surface area contributed by atoms with Crippen LogP contribution in [0.3, 0.4) is 0 Å². The van der Waals surface area contributed by atoms with Crippen molar-refractivity contribution in [2.45, 2.75) is 26.4 Å². The minimum absolute atomic E-state index is 0.504. The van der Waals surface area contributed by atoms with Crippen molar-refractivity contribution >= 4 is 6.29 Å². The van der Waals surface area contributed by atoms with Gasteiger partial charge in [-0.15, -0.1) is 0 Å². The third-order valence-corrected chi connectivity index (χ3v) is 2.84. The topological polar surface area (TPSA) is 39.2 Å². The van der Waals surface area contributed by atoms with E-state index < -0.39 is 0 Å². The molecule has 98 valence electrons. The lowest BCUT2D eigenvalue weighted by molar-refractivity contribution is -0.107. The highest BCUT2D eigenvalue weighted by atomic mass is 16.5. The van der Waals surface area contributed by atoms with Crippen LogP contribution in [0.4, 0.5) is 0 Å². The molecule has 0 N–H and O–H groups in total. The molecule has 1 aromatic carbocycles. The number of aryl methyl sites for hydroxylation is 2. The molecule has 19 heavy (non-hydrogen) atoms. The normalized spacial score (nSPS) is 10.2. The van der Waals surface area contributed by atoms with Crippen LogP contribution in [0.2, 0.25) is 0 Å². The molecule has 1 heterocycles. The molecule has 0 saturated heterocycles. The number of benzene rings is 1. The summed E-state index contributed by atoms with van der Waals surface area (Å²) in [7, 11) is 0. The zero-order valence-corrected chi connectivity index (χ0v) is 11.0. The quantitative estimate of drug-likeness (QED) is 0.744. The third kappa shape index (κ3) is 4.21. The van der Waals surface area contributed by atoms with Crippen LogP contribution >= 0.6 is 0 Å². The maximum atomic E-state index is 10.3. The second-order valence-corrected chi connectivity index (χ2v) is 4.48. The van der Waals surface area contributed by atoms with E-state index in [1.165, 1.54) is 5.56 Å². The Morgan fingerprint density at radius 3 is 2.47 bits per heavy atom. The van der Waals surface area contributed by atoms with Gasteiger partial charge in [0.2, 0.25) is 5.88 Å². The number of hydrogen-bond acceptors (Lipinski definition) is 3. The van der Waals surface area contributed by atoms with Crippen molar-refractivity contribution in [2.24, 2.45) is 0 Å². The van der Waals surface area contributed by atoms with Crippen molar-refractivity contribution in [3.63, 3.8) is 0 Å².